The molecule has 6 nitrogen and oxygen atoms in total. The number of carbonyl (C=O) groups excluding carboxylic acids is 1. The van der Waals surface area contributed by atoms with Gasteiger partial charge in [-0.05, 0) is 5.92 Å². The van der Waals surface area contributed by atoms with Gasteiger partial charge in [0.2, 0.25) is 0 Å². The zero-order chi connectivity index (χ0) is 13.6. The summed E-state index contributed by atoms with van der Waals surface area (Å²) >= 11 is 0. The molecular formula is C12H22N2O4. The van der Waals surface area contributed by atoms with Crippen molar-refractivity contribution in [3.63, 3.8) is 0 Å². The number of carboxylic acid groups (broad SMARTS) is 1. The maximum Gasteiger partial charge on any atom is 0.332 e. The Bertz CT molecular complexity index is 296. The van der Waals surface area contributed by atoms with Crippen molar-refractivity contribution in [2.75, 3.05) is 19.8 Å². The van der Waals surface area contributed by atoms with Gasteiger partial charge in [0.15, 0.2) is 5.54 Å². The molecule has 0 aromatic heterocycles. The van der Waals surface area contributed by atoms with Crippen LogP contribution in [0.3, 0.4) is 0 Å². The van der Waals surface area contributed by atoms with Crippen molar-refractivity contribution in [3.8, 4) is 0 Å². The smallest absolute Gasteiger partial charge is 0.332 e. The summed E-state index contributed by atoms with van der Waals surface area (Å²) in [5.41, 5.74) is -1.27. The Hall–Kier alpha value is -1.30. The van der Waals surface area contributed by atoms with Crippen LogP contribution in [-0.2, 0) is 9.53 Å². The first-order valence-corrected chi connectivity index (χ1v) is 6.41. The fourth-order valence-corrected chi connectivity index (χ4v) is 1.96. The molecule has 0 bridgehead atoms. The minimum absolute atomic E-state index is 0.0285. The highest BCUT2D eigenvalue weighted by Crippen LogP contribution is 2.18. The number of amides is 2. The number of carbonyl (C=O) groups is 2. The monoisotopic (exact) mass is 258 g/mol. The van der Waals surface area contributed by atoms with Crippen molar-refractivity contribution in [1.29, 1.82) is 0 Å². The van der Waals surface area contributed by atoms with E-state index in [2.05, 4.69) is 24.5 Å². The summed E-state index contributed by atoms with van der Waals surface area (Å²) in [5, 5.41) is 14.4. The lowest BCUT2D eigenvalue weighted by Gasteiger charge is -2.24. The minimum Gasteiger partial charge on any atom is -0.479 e. The molecule has 1 atom stereocenters. The number of hydrogen-bond donors (Lipinski definition) is 3. The van der Waals surface area contributed by atoms with E-state index in [0.29, 0.717) is 25.5 Å². The van der Waals surface area contributed by atoms with Crippen molar-refractivity contribution in [2.45, 2.75) is 38.6 Å². The molecular weight excluding hydrogens is 236 g/mol. The Kier molecular flexibility index (Phi) is 5.40. The lowest BCUT2D eigenvalue weighted by Crippen LogP contribution is -2.58. The Morgan fingerprint density at radius 1 is 1.39 bits per heavy atom. The van der Waals surface area contributed by atoms with E-state index in [1.165, 1.54) is 0 Å². The highest BCUT2D eigenvalue weighted by molar-refractivity contribution is 5.86. The lowest BCUT2D eigenvalue weighted by molar-refractivity contribution is -0.144. The number of carboxylic acids is 1. The molecule has 0 aromatic carbocycles. The van der Waals surface area contributed by atoms with E-state index in [1.54, 1.807) is 0 Å². The third kappa shape index (κ3) is 3.60. The number of hydrogen-bond acceptors (Lipinski definition) is 3. The first-order chi connectivity index (χ1) is 8.54. The van der Waals surface area contributed by atoms with Gasteiger partial charge >= 0.3 is 12.0 Å². The summed E-state index contributed by atoms with van der Waals surface area (Å²) in [7, 11) is 0. The number of nitrogens with one attached hydrogen (secondary N) is 2. The van der Waals surface area contributed by atoms with Crippen LogP contribution in [0.25, 0.3) is 0 Å². The van der Waals surface area contributed by atoms with Gasteiger partial charge in [-0.25, -0.2) is 9.59 Å². The highest BCUT2D eigenvalue weighted by Gasteiger charge is 2.43. The Morgan fingerprint density at radius 2 is 2.06 bits per heavy atom. The van der Waals surface area contributed by atoms with E-state index in [4.69, 9.17) is 9.84 Å². The van der Waals surface area contributed by atoms with Crippen LogP contribution in [0, 0.1) is 5.92 Å². The van der Waals surface area contributed by atoms with E-state index < -0.39 is 17.5 Å². The molecule has 1 fully saturated rings. The second-order valence-corrected chi connectivity index (χ2v) is 4.71. The third-order valence-electron chi connectivity index (χ3n) is 3.49. The molecule has 1 heterocycles. The molecule has 0 aromatic rings. The topological polar surface area (TPSA) is 87.7 Å². The van der Waals surface area contributed by atoms with Crippen molar-refractivity contribution >= 4 is 12.0 Å². The second kappa shape index (κ2) is 6.58. The van der Waals surface area contributed by atoms with Crippen LogP contribution >= 0.6 is 0 Å². The Balaban J connectivity index is 2.45. The molecule has 1 rings (SSSR count). The van der Waals surface area contributed by atoms with Gasteiger partial charge in [-0.3, -0.25) is 0 Å². The maximum atomic E-state index is 11.7. The zero-order valence-corrected chi connectivity index (χ0v) is 11.0. The fraction of sp³-hybridized carbons (Fsp3) is 0.833. The van der Waals surface area contributed by atoms with Gasteiger partial charge in [-0.15, -0.1) is 0 Å². The summed E-state index contributed by atoms with van der Waals surface area (Å²) in [5.74, 6) is -0.617. The van der Waals surface area contributed by atoms with E-state index in [1.807, 2.05) is 0 Å². The molecule has 0 saturated carbocycles. The second-order valence-electron chi connectivity index (χ2n) is 4.71. The van der Waals surface area contributed by atoms with Crippen LogP contribution in [0.1, 0.15) is 33.1 Å². The molecule has 0 spiro atoms. The van der Waals surface area contributed by atoms with Crippen LogP contribution in [0.2, 0.25) is 0 Å². The van der Waals surface area contributed by atoms with Crippen LogP contribution in [-0.4, -0.2) is 42.4 Å². The maximum absolute atomic E-state index is 11.7. The Morgan fingerprint density at radius 3 is 2.50 bits per heavy atom. The molecule has 3 N–H and O–H groups in total. The molecule has 0 radical (unpaired) electrons. The zero-order valence-electron chi connectivity index (χ0n) is 11.0. The molecule has 6 heteroatoms. The average Bonchev–Trinajstić information content (AvgIpc) is 2.80. The van der Waals surface area contributed by atoms with Gasteiger partial charge in [0.25, 0.3) is 0 Å². The number of urea groups is 1. The van der Waals surface area contributed by atoms with E-state index >= 15 is 0 Å². The lowest BCUT2D eigenvalue weighted by atomic mass is 9.99. The first kappa shape index (κ1) is 14.8. The van der Waals surface area contributed by atoms with E-state index in [-0.39, 0.29) is 6.61 Å². The van der Waals surface area contributed by atoms with Crippen molar-refractivity contribution in [1.82, 2.24) is 10.6 Å². The standard InChI is InChI=1S/C12H22N2O4/c1-3-9(4-2)7-13-11(17)14-12(10(15)16)5-6-18-8-12/h9H,3-8H2,1-2H3,(H,15,16)(H2,13,14,17). The fourth-order valence-electron chi connectivity index (χ4n) is 1.96. The minimum atomic E-state index is -1.27. The largest absolute Gasteiger partial charge is 0.479 e. The number of rotatable bonds is 6. The van der Waals surface area contributed by atoms with Gasteiger partial charge in [0.1, 0.15) is 0 Å². The summed E-state index contributed by atoms with van der Waals surface area (Å²) in [6.45, 7) is 5.09. The number of aliphatic carboxylic acids is 1. The molecule has 1 aliphatic rings. The summed E-state index contributed by atoms with van der Waals surface area (Å²) < 4.78 is 5.07. The van der Waals surface area contributed by atoms with Crippen molar-refractivity contribution < 1.29 is 19.4 Å². The predicted molar refractivity (Wildman–Crippen MR) is 66.4 cm³/mol. The molecule has 2 amide bonds. The molecule has 1 saturated heterocycles. The van der Waals surface area contributed by atoms with Gasteiger partial charge in [-0.2, -0.15) is 0 Å². The van der Waals surface area contributed by atoms with Gasteiger partial charge < -0.3 is 20.5 Å². The summed E-state index contributed by atoms with van der Waals surface area (Å²) in [6.07, 6.45) is 2.29. The quantitative estimate of drug-likeness (QED) is 0.662. The normalized spacial score (nSPS) is 23.1. The highest BCUT2D eigenvalue weighted by atomic mass is 16.5. The van der Waals surface area contributed by atoms with E-state index in [9.17, 15) is 9.59 Å². The van der Waals surface area contributed by atoms with E-state index in [0.717, 1.165) is 12.8 Å². The van der Waals surface area contributed by atoms with Crippen LogP contribution in [0.5, 0.6) is 0 Å². The number of ether oxygens (including phenoxy) is 1. The SMILES string of the molecule is CCC(CC)CNC(=O)NC1(C(=O)O)CCOC1. The predicted octanol–water partition coefficient (Wildman–Crippen LogP) is 0.965. The molecule has 1 unspecified atom stereocenters. The van der Waals surface area contributed by atoms with Crippen LogP contribution in [0.4, 0.5) is 4.79 Å². The van der Waals surface area contributed by atoms with Gasteiger partial charge in [0.05, 0.1) is 6.61 Å². The molecule has 18 heavy (non-hydrogen) atoms. The first-order valence-electron chi connectivity index (χ1n) is 6.41. The summed E-state index contributed by atoms with van der Waals surface area (Å²) in [4.78, 5) is 22.9. The van der Waals surface area contributed by atoms with Crippen molar-refractivity contribution in [2.24, 2.45) is 5.92 Å². The third-order valence-corrected chi connectivity index (χ3v) is 3.49. The molecule has 1 aliphatic heterocycles. The van der Waals surface area contributed by atoms with Crippen LogP contribution in [0.15, 0.2) is 0 Å². The van der Waals surface area contributed by atoms with Gasteiger partial charge in [-0.1, -0.05) is 26.7 Å². The average molecular weight is 258 g/mol. The Labute approximate surface area is 107 Å². The molecule has 0 aliphatic carbocycles. The van der Waals surface area contributed by atoms with Crippen molar-refractivity contribution in [3.05, 3.63) is 0 Å². The summed E-state index contributed by atoms with van der Waals surface area (Å²) in [6, 6.07) is -0.435. The van der Waals surface area contributed by atoms with Crippen LogP contribution < -0.4 is 10.6 Å². The molecule has 104 valence electrons. The van der Waals surface area contributed by atoms with Gasteiger partial charge in [0, 0.05) is 19.6 Å².